The Hall–Kier alpha value is -2.67. The molecule has 1 saturated carbocycles. The van der Waals surface area contributed by atoms with Crippen molar-refractivity contribution in [1.82, 2.24) is 19.8 Å². The summed E-state index contributed by atoms with van der Waals surface area (Å²) in [5, 5.41) is 12.9. The number of pyridine rings is 1. The third-order valence-electron chi connectivity index (χ3n) is 5.63. The van der Waals surface area contributed by atoms with Gasteiger partial charge in [0.2, 0.25) is 15.8 Å². The first-order chi connectivity index (χ1) is 15.6. The lowest BCUT2D eigenvalue weighted by Gasteiger charge is -2.26. The van der Waals surface area contributed by atoms with Gasteiger partial charge in [-0.2, -0.15) is 4.98 Å². The van der Waals surface area contributed by atoms with Crippen LogP contribution in [0.25, 0.3) is 22.6 Å². The predicted molar refractivity (Wildman–Crippen MR) is 123 cm³/mol. The molecular weight excluding hydrogens is 492 g/mol. The van der Waals surface area contributed by atoms with Crippen LogP contribution in [0.4, 0.5) is 14.6 Å². The number of alkyl halides is 2. The molecule has 0 radical (unpaired) electrons. The number of nitrogen functional groups attached to an aromatic ring is 1. The first-order valence-corrected chi connectivity index (χ1v) is 11.8. The molecule has 0 atom stereocenters. The summed E-state index contributed by atoms with van der Waals surface area (Å²) in [4.78, 5) is 7.82. The van der Waals surface area contributed by atoms with E-state index in [0.29, 0.717) is 36.8 Å². The molecule has 0 spiro atoms. The quantitative estimate of drug-likeness (QED) is 0.451. The minimum absolute atomic E-state index is 0. The fraction of sp³-hybridized carbons (Fsp3) is 0.381. The van der Waals surface area contributed by atoms with Crippen molar-refractivity contribution >= 4 is 28.2 Å². The fourth-order valence-corrected chi connectivity index (χ4v) is 5.12. The smallest absolute Gasteiger partial charge is 0.300 e. The minimum Gasteiger partial charge on any atom is -0.393 e. The number of aliphatic hydroxyl groups is 1. The van der Waals surface area contributed by atoms with Gasteiger partial charge in [0.05, 0.1) is 16.6 Å². The molecule has 4 N–H and O–H groups in total. The van der Waals surface area contributed by atoms with Gasteiger partial charge in [-0.3, -0.25) is 0 Å². The number of anilines is 1. The molecule has 1 fully saturated rings. The van der Waals surface area contributed by atoms with Crippen molar-refractivity contribution in [2.45, 2.75) is 56.1 Å². The third kappa shape index (κ3) is 5.52. The van der Waals surface area contributed by atoms with Gasteiger partial charge in [0.15, 0.2) is 0 Å². The molecule has 0 saturated heterocycles. The Morgan fingerprint density at radius 2 is 1.88 bits per heavy atom. The average Bonchev–Trinajstić information content (AvgIpc) is 3.26. The molecule has 4 rings (SSSR count). The number of aryl methyl sites for hydroxylation is 1. The minimum atomic E-state index is -3.80. The van der Waals surface area contributed by atoms with E-state index in [-0.39, 0.29) is 46.7 Å². The van der Waals surface area contributed by atoms with E-state index < -0.39 is 22.3 Å². The third-order valence-corrected chi connectivity index (χ3v) is 7.15. The fourth-order valence-electron chi connectivity index (χ4n) is 3.79. The highest BCUT2D eigenvalue weighted by Crippen LogP contribution is 2.32. The van der Waals surface area contributed by atoms with Crippen molar-refractivity contribution in [3.05, 3.63) is 41.9 Å². The van der Waals surface area contributed by atoms with Crippen LogP contribution >= 0.6 is 12.4 Å². The lowest BCUT2D eigenvalue weighted by molar-refractivity contribution is 0.120. The van der Waals surface area contributed by atoms with Crippen molar-refractivity contribution in [3.8, 4) is 22.6 Å². The summed E-state index contributed by atoms with van der Waals surface area (Å²) in [7, 11) is -3.80. The molecule has 0 amide bonds. The number of nitrogens with two attached hydrogens (primary N) is 1. The largest absolute Gasteiger partial charge is 0.393 e. The summed E-state index contributed by atoms with van der Waals surface area (Å²) in [5.74, 6) is -0.967. The molecular formula is C21H24ClF2N5O4S. The molecule has 1 aromatic carbocycles. The number of aromatic nitrogens is 3. The Balaban J connectivity index is 0.00000324. The normalized spacial score (nSPS) is 18.6. The Bertz CT molecular complexity index is 1260. The second-order valence-corrected chi connectivity index (χ2v) is 9.73. The van der Waals surface area contributed by atoms with Crippen molar-refractivity contribution in [1.29, 1.82) is 0 Å². The number of sulfonamides is 1. The molecule has 13 heteroatoms. The highest BCUT2D eigenvalue weighted by atomic mass is 35.5. The zero-order valence-corrected chi connectivity index (χ0v) is 19.7. The number of rotatable bonds is 6. The lowest BCUT2D eigenvalue weighted by atomic mass is 9.94. The number of aliphatic hydroxyl groups excluding tert-OH is 1. The van der Waals surface area contributed by atoms with Gasteiger partial charge >= 0.3 is 6.43 Å². The topological polar surface area (TPSA) is 144 Å². The van der Waals surface area contributed by atoms with Crippen molar-refractivity contribution in [2.75, 3.05) is 5.73 Å². The van der Waals surface area contributed by atoms with Gasteiger partial charge in [-0.25, -0.2) is 26.9 Å². The molecule has 0 bridgehead atoms. The second kappa shape index (κ2) is 10.3. The molecule has 1 aliphatic carbocycles. The van der Waals surface area contributed by atoms with Crippen LogP contribution in [0.1, 0.15) is 43.5 Å². The van der Waals surface area contributed by atoms with Crippen molar-refractivity contribution in [2.24, 2.45) is 0 Å². The maximum Gasteiger partial charge on any atom is 0.300 e. The van der Waals surface area contributed by atoms with E-state index >= 15 is 0 Å². The standard InChI is InChI=1S/C21H23F2N5O4S.ClH/c1-11-2-7-15(33(30,31)28-13-3-5-14(29)6-4-13)9-16(11)12-8-17(19(24)25-10-12)21-26-20(18(22)23)27-32-21;/h2,7-10,13-14,18,28-29H,3-6H2,1H3,(H2,24,25);1H/t13-,14-;. The van der Waals surface area contributed by atoms with Gasteiger partial charge in [-0.05, 0) is 61.9 Å². The van der Waals surface area contributed by atoms with E-state index in [1.807, 2.05) is 0 Å². The van der Waals surface area contributed by atoms with Crippen LogP contribution in [-0.2, 0) is 10.0 Å². The molecule has 2 aromatic heterocycles. The lowest BCUT2D eigenvalue weighted by Crippen LogP contribution is -2.38. The van der Waals surface area contributed by atoms with E-state index in [2.05, 4.69) is 19.8 Å². The Labute approximate surface area is 201 Å². The Morgan fingerprint density at radius 1 is 1.18 bits per heavy atom. The van der Waals surface area contributed by atoms with Gasteiger partial charge < -0.3 is 15.4 Å². The molecule has 0 aliphatic heterocycles. The highest BCUT2D eigenvalue weighted by Gasteiger charge is 2.26. The maximum atomic E-state index is 13.0. The molecule has 2 heterocycles. The number of benzene rings is 1. The maximum absolute atomic E-state index is 13.0. The van der Waals surface area contributed by atoms with Crippen LogP contribution in [0, 0.1) is 6.92 Å². The number of hydrogen-bond acceptors (Lipinski definition) is 8. The number of nitrogens with zero attached hydrogens (tertiary/aromatic N) is 3. The Kier molecular flexibility index (Phi) is 7.86. The summed E-state index contributed by atoms with van der Waals surface area (Å²) in [6.07, 6.45) is 0.399. The van der Waals surface area contributed by atoms with Crippen LogP contribution in [0.3, 0.4) is 0 Å². The van der Waals surface area contributed by atoms with Gasteiger partial charge in [0, 0.05) is 17.8 Å². The average molecular weight is 516 g/mol. The van der Waals surface area contributed by atoms with Crippen LogP contribution in [0.15, 0.2) is 39.9 Å². The monoisotopic (exact) mass is 515 g/mol. The summed E-state index contributed by atoms with van der Waals surface area (Å²) in [6, 6.07) is 6.00. The zero-order chi connectivity index (χ0) is 23.8. The van der Waals surface area contributed by atoms with E-state index in [9.17, 15) is 22.3 Å². The summed E-state index contributed by atoms with van der Waals surface area (Å²) in [6.45, 7) is 1.80. The van der Waals surface area contributed by atoms with Gasteiger partial charge in [-0.15, -0.1) is 12.4 Å². The van der Waals surface area contributed by atoms with Crippen molar-refractivity contribution in [3.63, 3.8) is 0 Å². The van der Waals surface area contributed by atoms with Crippen LogP contribution in [0.2, 0.25) is 0 Å². The van der Waals surface area contributed by atoms with Crippen LogP contribution < -0.4 is 10.5 Å². The van der Waals surface area contributed by atoms with E-state index in [4.69, 9.17) is 10.3 Å². The molecule has 0 unspecified atom stereocenters. The summed E-state index contributed by atoms with van der Waals surface area (Å²) < 4.78 is 59.2. The van der Waals surface area contributed by atoms with Crippen molar-refractivity contribution < 1.29 is 26.8 Å². The number of hydrogen-bond donors (Lipinski definition) is 3. The van der Waals surface area contributed by atoms with Gasteiger partial charge in [0.1, 0.15) is 5.82 Å². The molecule has 1 aliphatic rings. The van der Waals surface area contributed by atoms with E-state index in [0.717, 1.165) is 5.56 Å². The molecule has 34 heavy (non-hydrogen) atoms. The molecule has 9 nitrogen and oxygen atoms in total. The number of halogens is 3. The first kappa shape index (κ1) is 25.9. The second-order valence-electron chi connectivity index (χ2n) is 8.02. The van der Waals surface area contributed by atoms with E-state index in [1.54, 1.807) is 19.1 Å². The first-order valence-electron chi connectivity index (χ1n) is 10.3. The van der Waals surface area contributed by atoms with Crippen LogP contribution in [-0.4, -0.2) is 40.8 Å². The van der Waals surface area contributed by atoms with Gasteiger partial charge in [0.25, 0.3) is 5.89 Å². The van der Waals surface area contributed by atoms with Crippen LogP contribution in [0.5, 0.6) is 0 Å². The number of nitrogens with one attached hydrogen (secondary N) is 1. The van der Waals surface area contributed by atoms with Gasteiger partial charge in [-0.1, -0.05) is 11.2 Å². The van der Waals surface area contributed by atoms with E-state index in [1.165, 1.54) is 18.3 Å². The Morgan fingerprint density at radius 3 is 2.53 bits per heavy atom. The zero-order valence-electron chi connectivity index (χ0n) is 18.1. The SMILES string of the molecule is Cc1ccc(S(=O)(=O)N[C@H]2CC[C@H](O)CC2)cc1-c1cnc(N)c(-c2nc(C(F)F)no2)c1.Cl. The summed E-state index contributed by atoms with van der Waals surface area (Å²) >= 11 is 0. The molecule has 184 valence electrons. The predicted octanol–water partition coefficient (Wildman–Crippen LogP) is 3.63. The molecule has 3 aromatic rings. The summed E-state index contributed by atoms with van der Waals surface area (Å²) in [5.41, 5.74) is 7.90. The highest BCUT2D eigenvalue weighted by molar-refractivity contribution is 7.89.